The first-order valence-corrected chi connectivity index (χ1v) is 9.35. The molecule has 6 heteroatoms. The highest BCUT2D eigenvalue weighted by Crippen LogP contribution is 2.38. The molecular weight excluding hydrogens is 358 g/mol. The smallest absolute Gasteiger partial charge is 0.290 e. The van der Waals surface area contributed by atoms with Crippen molar-refractivity contribution in [3.05, 3.63) is 75.6 Å². The second-order valence-electron chi connectivity index (χ2n) is 6.72. The Labute approximate surface area is 162 Å². The van der Waals surface area contributed by atoms with Gasteiger partial charge in [0.25, 0.3) is 5.91 Å². The van der Waals surface area contributed by atoms with Crippen LogP contribution in [0.25, 0.3) is 11.0 Å². The van der Waals surface area contributed by atoms with Crippen LogP contribution in [0.4, 0.5) is 0 Å². The fourth-order valence-electron chi connectivity index (χ4n) is 3.72. The van der Waals surface area contributed by atoms with Crippen LogP contribution in [0.2, 0.25) is 0 Å². The van der Waals surface area contributed by atoms with Crippen LogP contribution >= 0.6 is 0 Å². The summed E-state index contributed by atoms with van der Waals surface area (Å²) < 4.78 is 11.2. The van der Waals surface area contributed by atoms with E-state index in [9.17, 15) is 14.7 Å². The van der Waals surface area contributed by atoms with Crippen LogP contribution in [0.3, 0.4) is 0 Å². The topological polar surface area (TPSA) is 80.0 Å². The van der Waals surface area contributed by atoms with E-state index in [-0.39, 0.29) is 22.8 Å². The van der Waals surface area contributed by atoms with E-state index in [0.717, 1.165) is 0 Å². The standard InChI is InChI=1S/C22H21NO5/c1-2-27-12-6-11-23-19(14-7-5-8-15(24)13-14)18-20(25)16-9-3-4-10-17(16)28-21(18)22(23)26/h3-5,7-10,13,19,24H,2,6,11-12H2,1H3/t19-/m0/s1. The number of hydrogen-bond donors (Lipinski definition) is 1. The minimum absolute atomic E-state index is 0.0773. The molecule has 6 nitrogen and oxygen atoms in total. The fraction of sp³-hybridized carbons (Fsp3) is 0.273. The maximum absolute atomic E-state index is 13.2. The number of nitrogens with zero attached hydrogens (tertiary/aromatic N) is 1. The molecule has 0 saturated carbocycles. The summed E-state index contributed by atoms with van der Waals surface area (Å²) in [5.41, 5.74) is 1.17. The van der Waals surface area contributed by atoms with Crippen LogP contribution < -0.4 is 5.43 Å². The van der Waals surface area contributed by atoms with E-state index < -0.39 is 6.04 Å². The maximum Gasteiger partial charge on any atom is 0.290 e. The van der Waals surface area contributed by atoms with Gasteiger partial charge in [-0.1, -0.05) is 24.3 Å². The number of ether oxygens (including phenoxy) is 1. The Morgan fingerprint density at radius 1 is 1.14 bits per heavy atom. The number of para-hydroxylation sites is 1. The van der Waals surface area contributed by atoms with Crippen LogP contribution in [0.15, 0.2) is 57.7 Å². The number of phenols is 1. The van der Waals surface area contributed by atoms with E-state index in [2.05, 4.69) is 0 Å². The van der Waals surface area contributed by atoms with E-state index in [1.54, 1.807) is 53.4 Å². The van der Waals surface area contributed by atoms with Gasteiger partial charge >= 0.3 is 0 Å². The highest BCUT2D eigenvalue weighted by Gasteiger charge is 2.42. The van der Waals surface area contributed by atoms with Crippen molar-refractivity contribution in [2.24, 2.45) is 0 Å². The van der Waals surface area contributed by atoms with Gasteiger partial charge in [-0.3, -0.25) is 9.59 Å². The number of benzene rings is 2. The largest absolute Gasteiger partial charge is 0.508 e. The second kappa shape index (κ2) is 7.48. The van der Waals surface area contributed by atoms with Gasteiger partial charge in [0.2, 0.25) is 5.76 Å². The second-order valence-corrected chi connectivity index (χ2v) is 6.72. The van der Waals surface area contributed by atoms with Gasteiger partial charge < -0.3 is 19.2 Å². The molecule has 144 valence electrons. The Morgan fingerprint density at radius 3 is 2.75 bits per heavy atom. The molecule has 0 spiro atoms. The van der Waals surface area contributed by atoms with Gasteiger partial charge in [-0.05, 0) is 43.2 Å². The first-order valence-electron chi connectivity index (χ1n) is 9.35. The zero-order valence-corrected chi connectivity index (χ0v) is 15.6. The molecule has 0 unspecified atom stereocenters. The molecule has 0 radical (unpaired) electrons. The molecule has 1 aliphatic heterocycles. The van der Waals surface area contributed by atoms with E-state index >= 15 is 0 Å². The molecule has 0 aliphatic carbocycles. The van der Waals surface area contributed by atoms with Crippen molar-refractivity contribution < 1.29 is 19.1 Å². The number of fused-ring (bicyclic) bond motifs is 2. The number of rotatable bonds is 6. The first kappa shape index (κ1) is 18.3. The zero-order valence-electron chi connectivity index (χ0n) is 15.6. The molecule has 1 aliphatic rings. The summed E-state index contributed by atoms with van der Waals surface area (Å²) in [4.78, 5) is 28.0. The van der Waals surface area contributed by atoms with E-state index in [1.165, 1.54) is 0 Å². The molecule has 0 fully saturated rings. The van der Waals surface area contributed by atoms with Crippen molar-refractivity contribution in [2.75, 3.05) is 19.8 Å². The average molecular weight is 379 g/mol. The molecule has 0 bridgehead atoms. The summed E-state index contributed by atoms with van der Waals surface area (Å²) in [5, 5.41) is 10.4. The monoisotopic (exact) mass is 379 g/mol. The van der Waals surface area contributed by atoms with Crippen molar-refractivity contribution in [1.29, 1.82) is 0 Å². The highest BCUT2D eigenvalue weighted by molar-refractivity contribution is 5.99. The SMILES string of the molecule is CCOCCCN1C(=O)c2oc3ccccc3c(=O)c2[C@@H]1c1cccc(O)c1. The van der Waals surface area contributed by atoms with Gasteiger partial charge in [0.1, 0.15) is 11.3 Å². The predicted molar refractivity (Wildman–Crippen MR) is 105 cm³/mol. The summed E-state index contributed by atoms with van der Waals surface area (Å²) in [6.07, 6.45) is 0.636. The quantitative estimate of drug-likeness (QED) is 0.664. The number of carbonyl (C=O) groups excluding carboxylic acids is 1. The van der Waals surface area contributed by atoms with Gasteiger partial charge in [0.05, 0.1) is 17.0 Å². The third-order valence-electron chi connectivity index (χ3n) is 4.95. The summed E-state index contributed by atoms with van der Waals surface area (Å²) in [6.45, 7) is 3.46. The average Bonchev–Trinajstić information content (AvgIpc) is 2.98. The number of aromatic hydroxyl groups is 1. The van der Waals surface area contributed by atoms with Crippen molar-refractivity contribution in [3.8, 4) is 5.75 Å². The van der Waals surface area contributed by atoms with Gasteiger partial charge in [0, 0.05) is 19.8 Å². The fourth-order valence-corrected chi connectivity index (χ4v) is 3.72. The zero-order chi connectivity index (χ0) is 19.7. The Bertz CT molecular complexity index is 1090. The molecule has 1 amide bonds. The predicted octanol–water partition coefficient (Wildman–Crippen LogP) is 3.47. The minimum atomic E-state index is -0.600. The van der Waals surface area contributed by atoms with Crippen molar-refractivity contribution in [3.63, 3.8) is 0 Å². The lowest BCUT2D eigenvalue weighted by molar-refractivity contribution is 0.0695. The minimum Gasteiger partial charge on any atom is -0.508 e. The Kier molecular flexibility index (Phi) is 4.88. The van der Waals surface area contributed by atoms with E-state index in [1.807, 2.05) is 6.92 Å². The normalized spacial score (nSPS) is 16.0. The van der Waals surface area contributed by atoms with Gasteiger partial charge in [-0.25, -0.2) is 0 Å². The number of carbonyl (C=O) groups is 1. The van der Waals surface area contributed by atoms with Gasteiger partial charge in [-0.2, -0.15) is 0 Å². The third kappa shape index (κ3) is 3.05. The van der Waals surface area contributed by atoms with Crippen molar-refractivity contribution in [1.82, 2.24) is 4.90 Å². The molecule has 1 atom stereocenters. The lowest BCUT2D eigenvalue weighted by Gasteiger charge is -2.25. The van der Waals surface area contributed by atoms with E-state index in [4.69, 9.17) is 9.15 Å². The lowest BCUT2D eigenvalue weighted by atomic mass is 9.98. The maximum atomic E-state index is 13.2. The van der Waals surface area contributed by atoms with Crippen LogP contribution in [-0.4, -0.2) is 35.7 Å². The highest BCUT2D eigenvalue weighted by atomic mass is 16.5. The summed E-state index contributed by atoms with van der Waals surface area (Å²) in [6, 6.07) is 13.0. The van der Waals surface area contributed by atoms with Crippen LogP contribution in [0, 0.1) is 0 Å². The molecule has 28 heavy (non-hydrogen) atoms. The van der Waals surface area contributed by atoms with Crippen LogP contribution in [0.5, 0.6) is 5.75 Å². The van der Waals surface area contributed by atoms with Crippen molar-refractivity contribution >= 4 is 16.9 Å². The Morgan fingerprint density at radius 2 is 1.96 bits per heavy atom. The first-order chi connectivity index (χ1) is 13.6. The van der Waals surface area contributed by atoms with Crippen LogP contribution in [0.1, 0.15) is 41.1 Å². The third-order valence-corrected chi connectivity index (χ3v) is 4.95. The lowest BCUT2D eigenvalue weighted by Crippen LogP contribution is -2.31. The molecule has 4 rings (SSSR count). The molecule has 1 N–H and O–H groups in total. The molecule has 0 saturated heterocycles. The summed E-state index contributed by atoms with van der Waals surface area (Å²) in [5.74, 6) is -0.158. The summed E-state index contributed by atoms with van der Waals surface area (Å²) >= 11 is 0. The Hall–Kier alpha value is -3.12. The number of hydrogen-bond acceptors (Lipinski definition) is 5. The Balaban J connectivity index is 1.85. The molecule has 1 aromatic heterocycles. The van der Waals surface area contributed by atoms with Crippen LogP contribution in [-0.2, 0) is 4.74 Å². The number of phenolic OH excluding ortho intramolecular Hbond substituents is 1. The van der Waals surface area contributed by atoms with Crippen molar-refractivity contribution in [2.45, 2.75) is 19.4 Å². The molecular formula is C22H21NO5. The van der Waals surface area contributed by atoms with Gasteiger partial charge in [0.15, 0.2) is 5.43 Å². The summed E-state index contributed by atoms with van der Waals surface area (Å²) in [7, 11) is 0. The molecule has 2 heterocycles. The molecule has 2 aromatic carbocycles. The van der Waals surface area contributed by atoms with Gasteiger partial charge in [-0.15, -0.1) is 0 Å². The molecule has 3 aromatic rings. The van der Waals surface area contributed by atoms with E-state index in [0.29, 0.717) is 48.3 Å². The number of amides is 1.